The molecule has 1 aliphatic rings. The highest BCUT2D eigenvalue weighted by Gasteiger charge is 2.27. The van der Waals surface area contributed by atoms with Gasteiger partial charge in [0.05, 0.1) is 0 Å². The number of benzene rings is 2. The van der Waals surface area contributed by atoms with Gasteiger partial charge in [0.25, 0.3) is 0 Å². The molecule has 166 valence electrons. The summed E-state index contributed by atoms with van der Waals surface area (Å²) in [4.78, 5) is 17.1. The van der Waals surface area contributed by atoms with Crippen LogP contribution < -0.4 is 16.0 Å². The molecule has 4 N–H and O–H groups in total. The molecule has 0 aliphatic heterocycles. The Kier molecular flexibility index (Phi) is 8.18. The average Bonchev–Trinajstić information content (AvgIpc) is 2.79. The molecule has 0 aromatic heterocycles. The molecule has 31 heavy (non-hydrogen) atoms. The van der Waals surface area contributed by atoms with Crippen molar-refractivity contribution in [1.29, 1.82) is 5.41 Å². The number of hydrogen-bond acceptors (Lipinski definition) is 2. The first-order valence-electron chi connectivity index (χ1n) is 10.8. The second kappa shape index (κ2) is 11.0. The van der Waals surface area contributed by atoms with Gasteiger partial charge in [0.2, 0.25) is 0 Å². The quantitative estimate of drug-likeness (QED) is 0.430. The molecule has 3 rings (SSSR count). The number of guanidine groups is 1. The topological polar surface area (TPSA) is 85.5 Å². The Hall–Kier alpha value is -2.73. The number of amides is 2. The predicted molar refractivity (Wildman–Crippen MR) is 127 cm³/mol. The van der Waals surface area contributed by atoms with Crippen molar-refractivity contribution < 1.29 is 4.79 Å². The highest BCUT2D eigenvalue weighted by molar-refractivity contribution is 6.30. The van der Waals surface area contributed by atoms with E-state index in [1.165, 1.54) is 0 Å². The molecule has 2 aromatic rings. The summed E-state index contributed by atoms with van der Waals surface area (Å²) in [5.41, 5.74) is 7.36. The van der Waals surface area contributed by atoms with Crippen molar-refractivity contribution >= 4 is 29.3 Å². The largest absolute Gasteiger partial charge is 0.370 e. The minimum absolute atomic E-state index is 0.00141. The summed E-state index contributed by atoms with van der Waals surface area (Å²) >= 11 is 6.04. The second-order valence-corrected chi connectivity index (χ2v) is 8.80. The lowest BCUT2D eigenvalue weighted by Crippen LogP contribution is -2.44. The third-order valence-corrected chi connectivity index (χ3v) is 6.27. The molecule has 7 heteroatoms. The van der Waals surface area contributed by atoms with Crippen molar-refractivity contribution in [2.24, 2.45) is 17.6 Å². The molecule has 0 saturated heterocycles. The van der Waals surface area contributed by atoms with E-state index < -0.39 is 0 Å². The van der Waals surface area contributed by atoms with Gasteiger partial charge in [-0.05, 0) is 67.3 Å². The van der Waals surface area contributed by atoms with E-state index in [4.69, 9.17) is 22.7 Å². The molecule has 2 amide bonds. The van der Waals surface area contributed by atoms with Crippen LogP contribution in [0.1, 0.15) is 31.2 Å². The molecule has 0 heterocycles. The van der Waals surface area contributed by atoms with Gasteiger partial charge in [-0.25, -0.2) is 4.79 Å². The maximum absolute atomic E-state index is 13.4. The number of rotatable bonds is 7. The molecule has 2 aromatic carbocycles. The van der Waals surface area contributed by atoms with Crippen LogP contribution in [0, 0.1) is 17.2 Å². The van der Waals surface area contributed by atoms with Gasteiger partial charge in [-0.15, -0.1) is 0 Å². The molecule has 6 nitrogen and oxygen atoms in total. The molecule has 0 unspecified atom stereocenters. The number of carbonyl (C=O) groups excluding carboxylic acids is 1. The van der Waals surface area contributed by atoms with Gasteiger partial charge < -0.3 is 16.0 Å². The minimum atomic E-state index is 0.00141. The first kappa shape index (κ1) is 22.9. The number of nitrogens with one attached hydrogen (secondary N) is 2. The molecular formula is C24H32ClN5O. The highest BCUT2D eigenvalue weighted by atomic mass is 35.5. The third-order valence-electron chi connectivity index (χ3n) is 6.01. The Bertz CT molecular complexity index is 850. The molecule has 1 saturated carbocycles. The van der Waals surface area contributed by atoms with E-state index in [2.05, 4.69) is 5.32 Å². The molecule has 0 bridgehead atoms. The number of para-hydroxylation sites is 1. The number of urea groups is 1. The summed E-state index contributed by atoms with van der Waals surface area (Å²) in [6.07, 6.45) is 4.32. The van der Waals surface area contributed by atoms with Gasteiger partial charge in [-0.3, -0.25) is 10.3 Å². The van der Waals surface area contributed by atoms with Crippen molar-refractivity contribution in [3.05, 3.63) is 65.2 Å². The fraction of sp³-hybridized carbons (Fsp3) is 0.417. The van der Waals surface area contributed by atoms with Crippen LogP contribution in [0.3, 0.4) is 0 Å². The van der Waals surface area contributed by atoms with Gasteiger partial charge in [-0.2, -0.15) is 0 Å². The Morgan fingerprint density at radius 1 is 1.06 bits per heavy atom. The van der Waals surface area contributed by atoms with Crippen LogP contribution >= 0.6 is 11.6 Å². The number of carbonyl (C=O) groups is 1. The van der Waals surface area contributed by atoms with Crippen molar-refractivity contribution in [2.45, 2.75) is 32.2 Å². The van der Waals surface area contributed by atoms with Crippen LogP contribution in [0.15, 0.2) is 54.6 Å². The minimum Gasteiger partial charge on any atom is -0.370 e. The second-order valence-electron chi connectivity index (χ2n) is 8.37. The van der Waals surface area contributed by atoms with E-state index in [1.54, 1.807) is 4.90 Å². The lowest BCUT2D eigenvalue weighted by atomic mass is 9.81. The van der Waals surface area contributed by atoms with Crippen LogP contribution in [0.4, 0.5) is 10.5 Å². The average molecular weight is 442 g/mol. The van der Waals surface area contributed by atoms with Gasteiger partial charge in [0.1, 0.15) is 0 Å². The summed E-state index contributed by atoms with van der Waals surface area (Å²) in [6.45, 7) is 2.04. The first-order valence-corrected chi connectivity index (χ1v) is 11.2. The van der Waals surface area contributed by atoms with Gasteiger partial charge >= 0.3 is 6.03 Å². The van der Waals surface area contributed by atoms with Gasteiger partial charge in [0, 0.05) is 37.4 Å². The fourth-order valence-electron chi connectivity index (χ4n) is 4.18. The maximum atomic E-state index is 13.4. The van der Waals surface area contributed by atoms with Crippen LogP contribution in [-0.2, 0) is 6.54 Å². The zero-order valence-electron chi connectivity index (χ0n) is 18.1. The Morgan fingerprint density at radius 2 is 1.68 bits per heavy atom. The molecule has 1 aliphatic carbocycles. The standard InChI is InChI=1S/C24H32ClN5O/c1-29(22-5-3-2-4-6-22)24(31)30(17-20-11-13-21(25)14-12-20)16-19-9-7-18(8-10-19)15-28-23(26)27/h2-6,11-14,18-19H,7-10,15-17H2,1H3,(H4,26,27,28). The summed E-state index contributed by atoms with van der Waals surface area (Å²) in [6, 6.07) is 17.4. The van der Waals surface area contributed by atoms with Crippen molar-refractivity contribution in [2.75, 3.05) is 25.0 Å². The number of anilines is 1. The smallest absolute Gasteiger partial charge is 0.324 e. The van der Waals surface area contributed by atoms with Crippen LogP contribution in [0.5, 0.6) is 0 Å². The number of hydrogen-bond donors (Lipinski definition) is 3. The predicted octanol–water partition coefficient (Wildman–Crippen LogP) is 4.69. The summed E-state index contributed by atoms with van der Waals surface area (Å²) in [7, 11) is 1.83. The molecule has 1 fully saturated rings. The monoisotopic (exact) mass is 441 g/mol. The fourth-order valence-corrected chi connectivity index (χ4v) is 4.30. The number of nitrogens with two attached hydrogens (primary N) is 1. The SMILES string of the molecule is CN(C(=O)N(Cc1ccc(Cl)cc1)CC1CCC(CNC(=N)N)CC1)c1ccccc1. The van der Waals surface area contributed by atoms with E-state index in [-0.39, 0.29) is 12.0 Å². The lowest BCUT2D eigenvalue weighted by Gasteiger charge is -2.35. The zero-order chi connectivity index (χ0) is 22.2. The van der Waals surface area contributed by atoms with E-state index in [0.717, 1.165) is 50.0 Å². The van der Waals surface area contributed by atoms with E-state index in [0.29, 0.717) is 23.4 Å². The lowest BCUT2D eigenvalue weighted by molar-refractivity contribution is 0.172. The number of halogens is 1. The van der Waals surface area contributed by atoms with Crippen LogP contribution in [-0.4, -0.2) is 37.0 Å². The first-order chi connectivity index (χ1) is 14.9. The normalized spacial score (nSPS) is 18.3. The Labute approximate surface area is 189 Å². The third kappa shape index (κ3) is 6.89. The highest BCUT2D eigenvalue weighted by Crippen LogP contribution is 2.30. The Morgan fingerprint density at radius 3 is 2.29 bits per heavy atom. The summed E-state index contributed by atoms with van der Waals surface area (Å²) < 4.78 is 0. The van der Waals surface area contributed by atoms with Gasteiger partial charge in [-0.1, -0.05) is 41.9 Å². The van der Waals surface area contributed by atoms with E-state index in [9.17, 15) is 4.79 Å². The number of nitrogens with zero attached hydrogens (tertiary/aromatic N) is 2. The summed E-state index contributed by atoms with van der Waals surface area (Å²) in [5, 5.41) is 11.0. The van der Waals surface area contributed by atoms with Crippen molar-refractivity contribution in [1.82, 2.24) is 10.2 Å². The maximum Gasteiger partial charge on any atom is 0.324 e. The zero-order valence-corrected chi connectivity index (χ0v) is 18.8. The van der Waals surface area contributed by atoms with E-state index in [1.807, 2.05) is 66.5 Å². The van der Waals surface area contributed by atoms with Crippen molar-refractivity contribution in [3.63, 3.8) is 0 Å². The molecule has 0 atom stereocenters. The van der Waals surface area contributed by atoms with Crippen molar-refractivity contribution in [3.8, 4) is 0 Å². The van der Waals surface area contributed by atoms with E-state index >= 15 is 0 Å². The van der Waals surface area contributed by atoms with Crippen LogP contribution in [0.2, 0.25) is 5.02 Å². The molecule has 0 radical (unpaired) electrons. The van der Waals surface area contributed by atoms with Crippen LogP contribution in [0.25, 0.3) is 0 Å². The Balaban J connectivity index is 1.66. The van der Waals surface area contributed by atoms with Gasteiger partial charge in [0.15, 0.2) is 5.96 Å². The summed E-state index contributed by atoms with van der Waals surface area (Å²) in [5.74, 6) is 1.03. The molecule has 0 spiro atoms. The molecular weight excluding hydrogens is 410 g/mol.